The van der Waals surface area contributed by atoms with E-state index in [9.17, 15) is 0 Å². The van der Waals surface area contributed by atoms with Crippen molar-refractivity contribution in [2.75, 3.05) is 29.4 Å². The molecule has 0 heterocycles. The second-order valence-corrected chi connectivity index (χ2v) is 34.0. The smallest absolute Gasteiger partial charge is 0.0473 e. The van der Waals surface area contributed by atoms with Crippen LogP contribution in [-0.2, 0) is 0 Å². The van der Waals surface area contributed by atoms with Crippen LogP contribution in [-0.4, -0.2) is 0 Å². The molecule has 24 aromatic carbocycles. The van der Waals surface area contributed by atoms with Crippen LogP contribution in [0.5, 0.6) is 0 Å². The Morgan fingerprint density at radius 2 is 0.238 bits per heavy atom. The maximum atomic E-state index is 2.36. The van der Waals surface area contributed by atoms with Crippen LogP contribution >= 0.6 is 0 Å². The van der Waals surface area contributed by atoms with Gasteiger partial charge in [0.05, 0.1) is 0 Å². The van der Waals surface area contributed by atoms with E-state index in [2.05, 4.69) is 542 Å². The highest BCUT2D eigenvalue weighted by Gasteiger charge is 2.25. The number of nitrogens with zero attached hydrogens (tertiary/aromatic N) is 6. The van der Waals surface area contributed by atoms with Crippen molar-refractivity contribution in [3.8, 4) is 0 Å². The summed E-state index contributed by atoms with van der Waals surface area (Å²) in [5.41, 5.74) is 25.7. The van der Waals surface area contributed by atoms with Crippen molar-refractivity contribution in [2.45, 2.75) is 27.7 Å². The SMILES string of the molecule is Cc1ccc(N(c2ccccc2)c2cc3ccc4cc(N(c5ccccc5)c5ccc(C)cc5)cc5ccc(c2)c3c45)cc1.Cc1cccc(N(c2ccccc2)c2cc3ccc4cc(N(c5ccccc5)c5cccc(C)c5)cc5ccc(c2)c3c45)c1.c1ccc(N(c2ccccc2)c2cc3ccc4cc(N(c5ccccc5)c5ccccc5)cc5ccc(c2)c3c45)cc1. The molecular formula is C124H92N6. The standard InChI is InChI=1S/2C42H32N2.C40H28N2/c1-29-11-9-17-37(23-29)43(35-13-5-3-6-14-35)39-25-31-19-21-33-27-40(28-34-22-20-32(26-39)41(31)42(33)34)44(36-15-7-4-8-16-36)38-18-10-12-30(2)24-38;1-29-13-21-37(22-14-29)43(35-9-5-3-6-10-35)39-25-31-17-19-33-27-40(28-34-20-18-32(26-39)41(31)42(33)34)44(36-11-7-4-8-12-36)38-23-15-30(2)16-24-38;1-5-13-33(14-6-1)41(34-15-7-2-8-16-34)37-25-29-21-23-31-27-38(28-32-24-22-30(26-37)39(29)40(31)32)42(35-17-9-3-10-18-35)36-19-11-4-12-20-36/h2*3-28H,1-2H3;1-28H. The second-order valence-electron chi connectivity index (χ2n) is 34.0. The van der Waals surface area contributed by atoms with Gasteiger partial charge in [0.1, 0.15) is 0 Å². The molecule has 24 rings (SSSR count). The third kappa shape index (κ3) is 15.3. The fraction of sp³-hybridized carbons (Fsp3) is 0.0323. The summed E-state index contributed by atoms with van der Waals surface area (Å²) in [6, 6.07) is 175. The number of hydrogen-bond donors (Lipinski definition) is 0. The fourth-order valence-corrected chi connectivity index (χ4v) is 19.4. The Hall–Kier alpha value is -16.8. The quantitative estimate of drug-likeness (QED) is 0.0792. The molecule has 0 atom stereocenters. The molecule has 0 aliphatic carbocycles. The largest absolute Gasteiger partial charge is 0.310 e. The van der Waals surface area contributed by atoms with Crippen molar-refractivity contribution in [2.24, 2.45) is 0 Å². The average molecular weight is 1670 g/mol. The van der Waals surface area contributed by atoms with Gasteiger partial charge in [-0.3, -0.25) is 0 Å². The number of hydrogen-bond acceptors (Lipinski definition) is 6. The summed E-state index contributed by atoms with van der Waals surface area (Å²) in [4.78, 5) is 14.1. The molecule has 0 aliphatic rings. The van der Waals surface area contributed by atoms with Crippen molar-refractivity contribution in [3.63, 3.8) is 0 Å². The molecule has 6 nitrogen and oxygen atoms in total. The van der Waals surface area contributed by atoms with Gasteiger partial charge in [-0.1, -0.05) is 278 Å². The third-order valence-corrected chi connectivity index (χ3v) is 25.3. The minimum atomic E-state index is 1.14. The minimum Gasteiger partial charge on any atom is -0.310 e. The first kappa shape index (κ1) is 79.1. The summed E-state index contributed by atoms with van der Waals surface area (Å²) >= 11 is 0. The van der Waals surface area contributed by atoms with E-state index in [1.54, 1.807) is 0 Å². The maximum Gasteiger partial charge on any atom is 0.0473 e. The molecule has 6 heteroatoms. The van der Waals surface area contributed by atoms with Gasteiger partial charge >= 0.3 is 0 Å². The summed E-state index contributed by atoms with van der Waals surface area (Å²) in [7, 11) is 0. The van der Waals surface area contributed by atoms with Gasteiger partial charge in [-0.05, 0) is 354 Å². The third-order valence-electron chi connectivity index (χ3n) is 25.3. The van der Waals surface area contributed by atoms with E-state index in [0.717, 1.165) is 102 Å². The van der Waals surface area contributed by atoms with Gasteiger partial charge in [0, 0.05) is 102 Å². The molecule has 0 N–H and O–H groups in total. The molecule has 0 aromatic heterocycles. The van der Waals surface area contributed by atoms with Gasteiger partial charge in [0.25, 0.3) is 0 Å². The molecule has 0 bridgehead atoms. The Morgan fingerprint density at radius 1 is 0.100 bits per heavy atom. The molecule has 0 saturated carbocycles. The first-order valence-corrected chi connectivity index (χ1v) is 44.7. The Labute approximate surface area is 758 Å². The summed E-state index contributed by atoms with van der Waals surface area (Å²) in [6.45, 7) is 8.57. The molecule has 0 amide bonds. The van der Waals surface area contributed by atoms with E-state index in [0.29, 0.717) is 0 Å². The van der Waals surface area contributed by atoms with E-state index in [-0.39, 0.29) is 0 Å². The van der Waals surface area contributed by atoms with E-state index in [1.165, 1.54) is 119 Å². The van der Waals surface area contributed by atoms with Crippen molar-refractivity contribution < 1.29 is 0 Å². The lowest BCUT2D eigenvalue weighted by molar-refractivity contribution is 1.28. The van der Waals surface area contributed by atoms with Crippen LogP contribution in [0.25, 0.3) is 97.0 Å². The zero-order valence-electron chi connectivity index (χ0n) is 72.9. The Bertz CT molecular complexity index is 7370. The normalized spacial score (nSPS) is 11.4. The highest BCUT2D eigenvalue weighted by molar-refractivity contribution is 6.28. The number of para-hydroxylation sites is 8. The molecule has 0 aliphatic heterocycles. The summed E-state index contributed by atoms with van der Waals surface area (Å²) in [5.74, 6) is 0. The Kier molecular flexibility index (Phi) is 20.9. The lowest BCUT2D eigenvalue weighted by atomic mass is 9.92. The number of benzene rings is 24. The van der Waals surface area contributed by atoms with E-state index >= 15 is 0 Å². The van der Waals surface area contributed by atoms with Crippen LogP contribution < -0.4 is 29.4 Å². The molecule has 0 saturated heterocycles. The van der Waals surface area contributed by atoms with Crippen LogP contribution in [0.1, 0.15) is 22.3 Å². The minimum absolute atomic E-state index is 1.14. The Balaban J connectivity index is 0.000000114. The lowest BCUT2D eigenvalue weighted by Crippen LogP contribution is -2.10. The van der Waals surface area contributed by atoms with Gasteiger partial charge in [-0.15, -0.1) is 0 Å². The van der Waals surface area contributed by atoms with Crippen LogP contribution in [0.3, 0.4) is 0 Å². The molecule has 0 spiro atoms. The van der Waals surface area contributed by atoms with Gasteiger partial charge in [0.15, 0.2) is 0 Å². The van der Waals surface area contributed by atoms with Crippen molar-refractivity contribution in [1.82, 2.24) is 0 Å². The predicted molar refractivity (Wildman–Crippen MR) is 557 cm³/mol. The van der Waals surface area contributed by atoms with Crippen LogP contribution in [0.15, 0.2) is 485 Å². The summed E-state index contributed by atoms with van der Waals surface area (Å²) in [6.07, 6.45) is 0. The summed E-state index contributed by atoms with van der Waals surface area (Å²) in [5, 5.41) is 22.8. The zero-order valence-corrected chi connectivity index (χ0v) is 72.9. The van der Waals surface area contributed by atoms with Crippen molar-refractivity contribution in [3.05, 3.63) is 508 Å². The van der Waals surface area contributed by atoms with Crippen LogP contribution in [0.4, 0.5) is 102 Å². The molecule has 24 aromatic rings. The second kappa shape index (κ2) is 34.3. The number of rotatable bonds is 18. The van der Waals surface area contributed by atoms with Gasteiger partial charge in [-0.2, -0.15) is 0 Å². The lowest BCUT2D eigenvalue weighted by Gasteiger charge is -2.28. The molecule has 130 heavy (non-hydrogen) atoms. The van der Waals surface area contributed by atoms with Gasteiger partial charge in [0.2, 0.25) is 0 Å². The van der Waals surface area contributed by atoms with E-state index in [1.807, 2.05) is 0 Å². The monoisotopic (exact) mass is 1660 g/mol. The van der Waals surface area contributed by atoms with E-state index in [4.69, 9.17) is 0 Å². The zero-order chi connectivity index (χ0) is 87.1. The van der Waals surface area contributed by atoms with Crippen LogP contribution in [0, 0.1) is 27.7 Å². The first-order chi connectivity index (χ1) is 64.1. The molecule has 0 fully saturated rings. The van der Waals surface area contributed by atoms with Crippen LogP contribution in [0.2, 0.25) is 0 Å². The van der Waals surface area contributed by atoms with Crippen molar-refractivity contribution >= 4 is 199 Å². The average Bonchev–Trinajstić information content (AvgIpc) is 0.737. The van der Waals surface area contributed by atoms with Crippen molar-refractivity contribution in [1.29, 1.82) is 0 Å². The molecule has 0 radical (unpaired) electrons. The fourth-order valence-electron chi connectivity index (χ4n) is 19.4. The van der Waals surface area contributed by atoms with Gasteiger partial charge < -0.3 is 29.4 Å². The highest BCUT2D eigenvalue weighted by Crippen LogP contribution is 2.50. The summed E-state index contributed by atoms with van der Waals surface area (Å²) < 4.78 is 0. The molecule has 618 valence electrons. The maximum absolute atomic E-state index is 2.36. The predicted octanol–water partition coefficient (Wildman–Crippen LogP) is 35.8. The Morgan fingerprint density at radius 3 is 0.392 bits per heavy atom. The molecular weight excluding hydrogens is 1570 g/mol. The highest BCUT2D eigenvalue weighted by atomic mass is 15.2. The number of aryl methyl sites for hydroxylation is 4. The van der Waals surface area contributed by atoms with E-state index < -0.39 is 0 Å². The number of anilines is 18. The van der Waals surface area contributed by atoms with Gasteiger partial charge in [-0.25, -0.2) is 0 Å². The topological polar surface area (TPSA) is 19.4 Å². The molecule has 0 unspecified atom stereocenters. The first-order valence-electron chi connectivity index (χ1n) is 44.7.